The molecule has 0 bridgehead atoms. The van der Waals surface area contributed by atoms with E-state index in [9.17, 15) is 0 Å². The van der Waals surface area contributed by atoms with Crippen LogP contribution < -0.4 is 0 Å². The zero-order valence-electron chi connectivity index (χ0n) is 4.55. The molecular formula is C6H10S. The number of rotatable bonds is 1. The van der Waals surface area contributed by atoms with Crippen molar-refractivity contribution in [2.45, 2.75) is 18.6 Å². The molecule has 1 aliphatic heterocycles. The van der Waals surface area contributed by atoms with Crippen molar-refractivity contribution in [3.63, 3.8) is 0 Å². The summed E-state index contributed by atoms with van der Waals surface area (Å²) in [7, 11) is 0. The molecule has 1 rings (SSSR count). The zero-order valence-corrected chi connectivity index (χ0v) is 5.37. The zero-order chi connectivity index (χ0) is 5.11. The summed E-state index contributed by atoms with van der Waals surface area (Å²) in [5.74, 6) is 1.23. The first-order valence-corrected chi connectivity index (χ1v) is 3.76. The van der Waals surface area contributed by atoms with E-state index in [1.165, 1.54) is 12.2 Å². The van der Waals surface area contributed by atoms with Crippen LogP contribution in [0.2, 0.25) is 0 Å². The van der Waals surface area contributed by atoms with Gasteiger partial charge in [0, 0.05) is 11.0 Å². The molecule has 0 aromatic rings. The van der Waals surface area contributed by atoms with Gasteiger partial charge in [0.05, 0.1) is 0 Å². The smallest absolute Gasteiger partial charge is 0.0227 e. The van der Waals surface area contributed by atoms with Crippen molar-refractivity contribution in [2.75, 3.05) is 5.75 Å². The molecule has 0 radical (unpaired) electrons. The van der Waals surface area contributed by atoms with Gasteiger partial charge in [0.25, 0.3) is 0 Å². The van der Waals surface area contributed by atoms with Gasteiger partial charge in [-0.3, -0.25) is 0 Å². The molecule has 1 unspecified atom stereocenters. The van der Waals surface area contributed by atoms with E-state index in [0.29, 0.717) is 0 Å². The fraction of sp³-hybridized carbons (Fsp3) is 0.667. The summed E-state index contributed by atoms with van der Waals surface area (Å²) in [5, 5.41) is 0.833. The predicted molar refractivity (Wildman–Crippen MR) is 35.7 cm³/mol. The summed E-state index contributed by atoms with van der Waals surface area (Å²) >= 11 is 2.03. The summed E-state index contributed by atoms with van der Waals surface area (Å²) in [5.41, 5.74) is 0. The Morgan fingerprint density at radius 1 is 1.86 bits per heavy atom. The molecule has 0 saturated heterocycles. The SMILES string of the molecule is CCC1C=CCS1. The lowest BCUT2D eigenvalue weighted by Gasteiger charge is -1.97. The van der Waals surface area contributed by atoms with Crippen molar-refractivity contribution in [2.24, 2.45) is 0 Å². The third-order valence-corrected chi connectivity index (χ3v) is 2.46. The molecule has 1 heterocycles. The van der Waals surface area contributed by atoms with Gasteiger partial charge in [0.2, 0.25) is 0 Å². The number of hydrogen-bond acceptors (Lipinski definition) is 1. The highest BCUT2D eigenvalue weighted by Gasteiger charge is 2.04. The first kappa shape index (κ1) is 5.23. The molecule has 1 heteroatoms. The van der Waals surface area contributed by atoms with E-state index in [4.69, 9.17) is 0 Å². The van der Waals surface area contributed by atoms with E-state index in [0.717, 1.165) is 5.25 Å². The van der Waals surface area contributed by atoms with E-state index < -0.39 is 0 Å². The maximum absolute atomic E-state index is 2.30. The maximum atomic E-state index is 2.30. The molecule has 0 fully saturated rings. The van der Waals surface area contributed by atoms with Gasteiger partial charge in [-0.05, 0) is 6.42 Å². The van der Waals surface area contributed by atoms with Gasteiger partial charge in [-0.15, -0.1) is 0 Å². The molecule has 0 saturated carbocycles. The second kappa shape index (κ2) is 2.41. The van der Waals surface area contributed by atoms with Gasteiger partial charge in [-0.1, -0.05) is 19.1 Å². The lowest BCUT2D eigenvalue weighted by atomic mass is 10.3. The lowest BCUT2D eigenvalue weighted by Crippen LogP contribution is -1.87. The van der Waals surface area contributed by atoms with Crippen molar-refractivity contribution in [1.29, 1.82) is 0 Å². The van der Waals surface area contributed by atoms with Crippen LogP contribution in [0, 0.1) is 0 Å². The van der Waals surface area contributed by atoms with E-state index in [2.05, 4.69) is 19.1 Å². The third-order valence-electron chi connectivity index (χ3n) is 1.16. The monoisotopic (exact) mass is 114 g/mol. The standard InChI is InChI=1S/C6H10S/c1-2-6-4-3-5-7-6/h3-4,6H,2,5H2,1H3. The van der Waals surface area contributed by atoms with E-state index in [-0.39, 0.29) is 0 Å². The Hall–Kier alpha value is 0.0900. The predicted octanol–water partition coefficient (Wildman–Crippen LogP) is 2.07. The minimum atomic E-state index is 0.833. The average Bonchev–Trinajstić information content (AvgIpc) is 2.14. The van der Waals surface area contributed by atoms with Crippen LogP contribution in [-0.2, 0) is 0 Å². The molecule has 0 amide bonds. The van der Waals surface area contributed by atoms with Crippen molar-refractivity contribution in [3.05, 3.63) is 12.2 Å². The van der Waals surface area contributed by atoms with Crippen molar-refractivity contribution in [3.8, 4) is 0 Å². The van der Waals surface area contributed by atoms with Crippen LogP contribution in [0.3, 0.4) is 0 Å². The van der Waals surface area contributed by atoms with Crippen LogP contribution in [-0.4, -0.2) is 11.0 Å². The Kier molecular flexibility index (Phi) is 1.80. The van der Waals surface area contributed by atoms with Crippen LogP contribution in [0.1, 0.15) is 13.3 Å². The largest absolute Gasteiger partial charge is 0.150 e. The van der Waals surface area contributed by atoms with Gasteiger partial charge in [-0.2, -0.15) is 11.8 Å². The average molecular weight is 114 g/mol. The van der Waals surface area contributed by atoms with Crippen molar-refractivity contribution in [1.82, 2.24) is 0 Å². The van der Waals surface area contributed by atoms with Gasteiger partial charge < -0.3 is 0 Å². The topological polar surface area (TPSA) is 0 Å². The first-order valence-electron chi connectivity index (χ1n) is 2.71. The second-order valence-corrected chi connectivity index (χ2v) is 2.98. The second-order valence-electron chi connectivity index (χ2n) is 1.71. The summed E-state index contributed by atoms with van der Waals surface area (Å²) in [6.45, 7) is 2.23. The summed E-state index contributed by atoms with van der Waals surface area (Å²) in [4.78, 5) is 0. The Bertz CT molecular complexity index is 76.2. The molecule has 0 aromatic carbocycles. The lowest BCUT2D eigenvalue weighted by molar-refractivity contribution is 0.986. The summed E-state index contributed by atoms with van der Waals surface area (Å²) < 4.78 is 0. The maximum Gasteiger partial charge on any atom is 0.0227 e. The van der Waals surface area contributed by atoms with Crippen molar-refractivity contribution < 1.29 is 0 Å². The van der Waals surface area contributed by atoms with Gasteiger partial charge in [-0.25, -0.2) is 0 Å². The highest BCUT2D eigenvalue weighted by Crippen LogP contribution is 2.21. The molecular weight excluding hydrogens is 104 g/mol. The van der Waals surface area contributed by atoms with Crippen LogP contribution in [0.5, 0.6) is 0 Å². The molecule has 1 atom stereocenters. The third kappa shape index (κ3) is 1.23. The Morgan fingerprint density at radius 2 is 2.71 bits per heavy atom. The number of thioether (sulfide) groups is 1. The van der Waals surface area contributed by atoms with Gasteiger partial charge >= 0.3 is 0 Å². The summed E-state index contributed by atoms with van der Waals surface area (Å²) in [6.07, 6.45) is 5.84. The molecule has 7 heavy (non-hydrogen) atoms. The van der Waals surface area contributed by atoms with Gasteiger partial charge in [0.15, 0.2) is 0 Å². The fourth-order valence-electron chi connectivity index (χ4n) is 0.696. The Labute approximate surface area is 49.0 Å². The van der Waals surface area contributed by atoms with E-state index in [1.807, 2.05) is 11.8 Å². The molecule has 0 spiro atoms. The highest BCUT2D eigenvalue weighted by molar-refractivity contribution is 8.00. The number of hydrogen-bond donors (Lipinski definition) is 0. The van der Waals surface area contributed by atoms with Crippen molar-refractivity contribution >= 4 is 11.8 Å². The molecule has 0 aromatic heterocycles. The molecule has 0 nitrogen and oxygen atoms in total. The molecule has 1 aliphatic rings. The Balaban J connectivity index is 2.28. The molecule has 0 aliphatic carbocycles. The van der Waals surface area contributed by atoms with Crippen LogP contribution in [0.25, 0.3) is 0 Å². The fourth-order valence-corrected chi connectivity index (χ4v) is 1.62. The van der Waals surface area contributed by atoms with Crippen LogP contribution >= 0.6 is 11.8 Å². The first-order chi connectivity index (χ1) is 3.43. The van der Waals surface area contributed by atoms with E-state index >= 15 is 0 Å². The highest BCUT2D eigenvalue weighted by atomic mass is 32.2. The van der Waals surface area contributed by atoms with Gasteiger partial charge in [0.1, 0.15) is 0 Å². The van der Waals surface area contributed by atoms with Crippen LogP contribution in [0.15, 0.2) is 12.2 Å². The normalized spacial score (nSPS) is 29.0. The quantitative estimate of drug-likeness (QED) is 0.470. The molecule has 0 N–H and O–H groups in total. The Morgan fingerprint density at radius 3 is 3.00 bits per heavy atom. The summed E-state index contributed by atoms with van der Waals surface area (Å²) in [6, 6.07) is 0. The minimum Gasteiger partial charge on any atom is -0.150 e. The molecule has 40 valence electrons. The minimum absolute atomic E-state index is 0.833. The van der Waals surface area contributed by atoms with Crippen LogP contribution in [0.4, 0.5) is 0 Å². The van der Waals surface area contributed by atoms with E-state index in [1.54, 1.807) is 0 Å².